The van der Waals surface area contributed by atoms with Gasteiger partial charge in [0.25, 0.3) is 0 Å². The maximum atomic E-state index is 12.6. The third-order valence-corrected chi connectivity index (χ3v) is 4.85. The zero-order valence-electron chi connectivity index (χ0n) is 14.3. The number of likely N-dealkylation sites (tertiary alicyclic amines) is 1. The first kappa shape index (κ1) is 18.5. The van der Waals surface area contributed by atoms with Crippen LogP contribution >= 0.6 is 0 Å². The Labute approximate surface area is 131 Å². The Kier molecular flexibility index (Phi) is 9.73. The summed E-state index contributed by atoms with van der Waals surface area (Å²) in [6.07, 6.45) is 11.9. The molecule has 0 aromatic rings. The molecule has 1 amide bonds. The van der Waals surface area contributed by atoms with Crippen molar-refractivity contribution in [1.82, 2.24) is 4.90 Å². The van der Waals surface area contributed by atoms with Crippen molar-refractivity contribution < 1.29 is 4.79 Å². The molecule has 21 heavy (non-hydrogen) atoms. The van der Waals surface area contributed by atoms with Crippen LogP contribution in [-0.2, 0) is 4.79 Å². The molecule has 1 aliphatic rings. The van der Waals surface area contributed by atoms with Gasteiger partial charge in [0.1, 0.15) is 0 Å². The van der Waals surface area contributed by atoms with Crippen molar-refractivity contribution in [3.8, 4) is 0 Å². The van der Waals surface area contributed by atoms with Gasteiger partial charge in [0.05, 0.1) is 0 Å². The van der Waals surface area contributed by atoms with Crippen molar-refractivity contribution in [2.75, 3.05) is 19.6 Å². The fourth-order valence-electron chi connectivity index (χ4n) is 3.38. The Hall–Kier alpha value is -0.570. The van der Waals surface area contributed by atoms with E-state index in [4.69, 9.17) is 5.73 Å². The molecule has 0 aromatic carbocycles. The fraction of sp³-hybridized carbons (Fsp3) is 0.944. The van der Waals surface area contributed by atoms with E-state index in [1.54, 1.807) is 0 Å². The molecule has 3 nitrogen and oxygen atoms in total. The molecule has 0 aliphatic carbocycles. The van der Waals surface area contributed by atoms with Crippen LogP contribution in [0.5, 0.6) is 0 Å². The number of hydrogen-bond acceptors (Lipinski definition) is 2. The molecule has 0 saturated carbocycles. The van der Waals surface area contributed by atoms with E-state index in [9.17, 15) is 4.79 Å². The molecule has 1 saturated heterocycles. The van der Waals surface area contributed by atoms with Crippen LogP contribution in [0.3, 0.4) is 0 Å². The van der Waals surface area contributed by atoms with Crippen LogP contribution < -0.4 is 5.73 Å². The normalized spacial score (nSPS) is 20.5. The van der Waals surface area contributed by atoms with Gasteiger partial charge in [0.2, 0.25) is 5.91 Å². The molecule has 2 N–H and O–H groups in total. The lowest BCUT2D eigenvalue weighted by atomic mass is 9.91. The third-order valence-electron chi connectivity index (χ3n) is 4.85. The highest BCUT2D eigenvalue weighted by molar-refractivity contribution is 5.76. The summed E-state index contributed by atoms with van der Waals surface area (Å²) in [4.78, 5) is 14.6. The van der Waals surface area contributed by atoms with Crippen LogP contribution in [0.25, 0.3) is 0 Å². The second-order valence-corrected chi connectivity index (χ2v) is 6.79. The zero-order chi connectivity index (χ0) is 15.5. The van der Waals surface area contributed by atoms with E-state index >= 15 is 0 Å². The fourth-order valence-corrected chi connectivity index (χ4v) is 3.38. The van der Waals surface area contributed by atoms with Crippen molar-refractivity contribution in [1.29, 1.82) is 0 Å². The van der Waals surface area contributed by atoms with Gasteiger partial charge >= 0.3 is 0 Å². The Bertz CT molecular complexity index is 280. The minimum atomic E-state index is 0.380. The predicted molar refractivity (Wildman–Crippen MR) is 90.1 cm³/mol. The number of nitrogens with two attached hydrogens (primary N) is 1. The van der Waals surface area contributed by atoms with Crippen LogP contribution in [0.4, 0.5) is 0 Å². The molecule has 0 spiro atoms. The minimum absolute atomic E-state index is 0.380. The number of rotatable bonds is 10. The van der Waals surface area contributed by atoms with Crippen molar-refractivity contribution >= 4 is 5.91 Å². The van der Waals surface area contributed by atoms with E-state index in [1.165, 1.54) is 51.4 Å². The summed E-state index contributed by atoms with van der Waals surface area (Å²) in [5.41, 5.74) is 5.78. The summed E-state index contributed by atoms with van der Waals surface area (Å²) in [5, 5.41) is 0. The lowest BCUT2D eigenvalue weighted by molar-refractivity contribution is -0.134. The number of nitrogens with zero attached hydrogens (tertiary/aromatic N) is 1. The molecule has 2 atom stereocenters. The number of carbonyl (C=O) groups excluding carboxylic acids is 1. The highest BCUT2D eigenvalue weighted by Gasteiger charge is 2.24. The lowest BCUT2D eigenvalue weighted by Gasteiger charge is -2.33. The summed E-state index contributed by atoms with van der Waals surface area (Å²) in [5.74, 6) is 1.50. The van der Waals surface area contributed by atoms with Gasteiger partial charge < -0.3 is 10.6 Å². The SMILES string of the molecule is CCCCCC(CCCC)CC(=O)N1CCCC(CN)C1. The monoisotopic (exact) mass is 296 g/mol. The number of amides is 1. The number of piperidine rings is 1. The topological polar surface area (TPSA) is 46.3 Å². The van der Waals surface area contributed by atoms with Gasteiger partial charge in [-0.1, -0.05) is 46.0 Å². The van der Waals surface area contributed by atoms with Crippen molar-refractivity contribution in [3.05, 3.63) is 0 Å². The van der Waals surface area contributed by atoms with E-state index in [2.05, 4.69) is 18.7 Å². The number of hydrogen-bond donors (Lipinski definition) is 1. The zero-order valence-corrected chi connectivity index (χ0v) is 14.3. The Morgan fingerprint density at radius 2 is 1.90 bits per heavy atom. The molecule has 2 unspecified atom stereocenters. The van der Waals surface area contributed by atoms with Crippen molar-refractivity contribution in [2.45, 2.75) is 78.1 Å². The van der Waals surface area contributed by atoms with Crippen LogP contribution in [0.1, 0.15) is 78.1 Å². The molecular formula is C18H36N2O. The standard InChI is InChI=1S/C18H36N2O/c1-3-5-7-10-16(9-6-4-2)13-18(21)20-12-8-11-17(14-19)15-20/h16-17H,3-15,19H2,1-2H3. The lowest BCUT2D eigenvalue weighted by Crippen LogP contribution is -2.42. The highest BCUT2D eigenvalue weighted by atomic mass is 16.2. The summed E-state index contributed by atoms with van der Waals surface area (Å²) in [7, 11) is 0. The Morgan fingerprint density at radius 3 is 2.57 bits per heavy atom. The quantitative estimate of drug-likeness (QED) is 0.620. The maximum absolute atomic E-state index is 12.6. The molecule has 0 radical (unpaired) electrons. The van der Waals surface area contributed by atoms with E-state index in [-0.39, 0.29) is 0 Å². The second kappa shape index (κ2) is 11.1. The molecule has 1 fully saturated rings. The van der Waals surface area contributed by atoms with E-state index in [0.29, 0.717) is 17.7 Å². The van der Waals surface area contributed by atoms with Gasteiger partial charge in [-0.15, -0.1) is 0 Å². The van der Waals surface area contributed by atoms with Gasteiger partial charge in [-0.2, -0.15) is 0 Å². The first-order valence-electron chi connectivity index (χ1n) is 9.19. The first-order chi connectivity index (χ1) is 10.2. The maximum Gasteiger partial charge on any atom is 0.222 e. The van der Waals surface area contributed by atoms with Crippen molar-refractivity contribution in [2.24, 2.45) is 17.6 Å². The largest absolute Gasteiger partial charge is 0.342 e. The average molecular weight is 296 g/mol. The third kappa shape index (κ3) is 7.30. The summed E-state index contributed by atoms with van der Waals surface area (Å²) in [6, 6.07) is 0. The van der Waals surface area contributed by atoms with E-state index < -0.39 is 0 Å². The summed E-state index contributed by atoms with van der Waals surface area (Å²) < 4.78 is 0. The molecular weight excluding hydrogens is 260 g/mol. The van der Waals surface area contributed by atoms with Gasteiger partial charge in [0, 0.05) is 19.5 Å². The first-order valence-corrected chi connectivity index (χ1v) is 9.19. The predicted octanol–water partition coefficient (Wildman–Crippen LogP) is 3.96. The molecule has 1 aliphatic heterocycles. The van der Waals surface area contributed by atoms with Crippen LogP contribution in [0.15, 0.2) is 0 Å². The van der Waals surface area contributed by atoms with E-state index in [1.807, 2.05) is 0 Å². The van der Waals surface area contributed by atoms with E-state index in [0.717, 1.165) is 32.5 Å². The molecule has 124 valence electrons. The number of unbranched alkanes of at least 4 members (excludes halogenated alkanes) is 3. The molecule has 1 heterocycles. The second-order valence-electron chi connectivity index (χ2n) is 6.79. The van der Waals surface area contributed by atoms with Crippen LogP contribution in [-0.4, -0.2) is 30.4 Å². The van der Waals surface area contributed by atoms with Gasteiger partial charge in [0.15, 0.2) is 0 Å². The Morgan fingerprint density at radius 1 is 1.19 bits per heavy atom. The summed E-state index contributed by atoms with van der Waals surface area (Å²) in [6.45, 7) is 7.05. The van der Waals surface area contributed by atoms with Gasteiger partial charge in [-0.05, 0) is 44.1 Å². The van der Waals surface area contributed by atoms with Crippen LogP contribution in [0.2, 0.25) is 0 Å². The van der Waals surface area contributed by atoms with Crippen molar-refractivity contribution in [3.63, 3.8) is 0 Å². The van der Waals surface area contributed by atoms with Gasteiger partial charge in [-0.25, -0.2) is 0 Å². The van der Waals surface area contributed by atoms with Gasteiger partial charge in [-0.3, -0.25) is 4.79 Å². The molecule has 3 heteroatoms. The molecule has 0 bridgehead atoms. The Balaban J connectivity index is 2.41. The summed E-state index contributed by atoms with van der Waals surface area (Å²) >= 11 is 0. The average Bonchev–Trinajstić information content (AvgIpc) is 2.52. The highest BCUT2D eigenvalue weighted by Crippen LogP contribution is 2.23. The molecule has 1 rings (SSSR count). The van der Waals surface area contributed by atoms with Crippen LogP contribution in [0, 0.1) is 11.8 Å². The smallest absolute Gasteiger partial charge is 0.222 e. The minimum Gasteiger partial charge on any atom is -0.342 e. The molecule has 0 aromatic heterocycles. The number of carbonyl (C=O) groups is 1.